The molecule has 0 aliphatic carbocycles. The van der Waals surface area contributed by atoms with Gasteiger partial charge in [-0.05, 0) is 170 Å². The predicted octanol–water partition coefficient (Wildman–Crippen LogP) is 17.5. The molecule has 11 aromatic carbocycles. The molecule has 3 heterocycles. The van der Waals surface area contributed by atoms with E-state index >= 15 is 0 Å². The van der Waals surface area contributed by atoms with E-state index in [4.69, 9.17) is 0 Å². The Labute approximate surface area is 432 Å². The molecule has 0 fully saturated rings. The van der Waals surface area contributed by atoms with E-state index in [1.165, 1.54) is 0 Å². The molecule has 14 rings (SSSR count). The fourth-order valence-electron chi connectivity index (χ4n) is 11.3. The van der Waals surface area contributed by atoms with Crippen molar-refractivity contribution in [2.24, 2.45) is 0 Å². The van der Waals surface area contributed by atoms with Gasteiger partial charge in [0.15, 0.2) is 0 Å². The Hall–Kier alpha value is -10.2. The highest BCUT2D eigenvalue weighted by Crippen LogP contribution is 2.45. The Balaban J connectivity index is 0.989. The first-order valence-electron chi connectivity index (χ1n) is 25.1. The van der Waals surface area contributed by atoms with Gasteiger partial charge in [-0.1, -0.05) is 91.0 Å². The number of nitrogens with zero attached hydrogens (tertiary/aromatic N) is 5. The molecule has 0 radical (unpaired) electrons. The molecule has 0 saturated heterocycles. The number of carbonyl (C=O) groups excluding carboxylic acids is 2. The average molecular weight is 964 g/mol. The van der Waals surface area contributed by atoms with Gasteiger partial charge in [0.05, 0.1) is 33.1 Å². The summed E-state index contributed by atoms with van der Waals surface area (Å²) in [5.74, 6) is 0. The van der Waals surface area contributed by atoms with Crippen molar-refractivity contribution in [3.05, 3.63) is 272 Å². The first-order valence-corrected chi connectivity index (χ1v) is 25.1. The van der Waals surface area contributed by atoms with E-state index < -0.39 is 0 Å². The molecule has 0 aliphatic heterocycles. The third-order valence-electron chi connectivity index (χ3n) is 14.7. The maximum Gasteiger partial charge on any atom is 0.150 e. The lowest BCUT2D eigenvalue weighted by Crippen LogP contribution is -2.10. The van der Waals surface area contributed by atoms with Gasteiger partial charge in [-0.3, -0.25) is 9.59 Å². The van der Waals surface area contributed by atoms with Crippen LogP contribution in [0.2, 0.25) is 0 Å². The number of benzene rings is 11. The summed E-state index contributed by atoms with van der Waals surface area (Å²) in [5, 5.41) is 6.74. The van der Waals surface area contributed by atoms with Crippen LogP contribution in [-0.4, -0.2) is 26.3 Å². The molecular formula is C68H45N5O2. The fraction of sp³-hybridized carbons (Fsp3) is 0. The number of carbonyl (C=O) groups is 2. The molecule has 75 heavy (non-hydrogen) atoms. The Morgan fingerprint density at radius 1 is 0.240 bits per heavy atom. The van der Waals surface area contributed by atoms with Gasteiger partial charge >= 0.3 is 0 Å². The van der Waals surface area contributed by atoms with Crippen LogP contribution in [-0.2, 0) is 0 Å². The lowest BCUT2D eigenvalue weighted by Gasteiger charge is -2.26. The van der Waals surface area contributed by atoms with Gasteiger partial charge in [0.2, 0.25) is 0 Å². The second-order valence-corrected chi connectivity index (χ2v) is 18.9. The maximum atomic E-state index is 12.0. The van der Waals surface area contributed by atoms with Gasteiger partial charge in [0.25, 0.3) is 0 Å². The third kappa shape index (κ3) is 7.20. The zero-order valence-electron chi connectivity index (χ0n) is 40.5. The first kappa shape index (κ1) is 43.5. The predicted molar refractivity (Wildman–Crippen MR) is 310 cm³/mol. The van der Waals surface area contributed by atoms with Gasteiger partial charge in [-0.2, -0.15) is 0 Å². The zero-order chi connectivity index (χ0) is 50.0. The molecule has 0 saturated carbocycles. The van der Waals surface area contributed by atoms with Crippen molar-refractivity contribution in [1.82, 2.24) is 13.7 Å². The molecule has 0 N–H and O–H groups in total. The minimum atomic E-state index is 0.612. The molecule has 0 atom stereocenters. The molecule has 14 aromatic rings. The molecule has 7 heteroatoms. The second-order valence-electron chi connectivity index (χ2n) is 18.9. The van der Waals surface area contributed by atoms with Gasteiger partial charge in [-0.15, -0.1) is 0 Å². The Bertz CT molecular complexity index is 4230. The summed E-state index contributed by atoms with van der Waals surface area (Å²) in [4.78, 5) is 28.6. The lowest BCUT2D eigenvalue weighted by atomic mass is 10.1. The summed E-state index contributed by atoms with van der Waals surface area (Å²) in [6, 6.07) is 91.3. The summed E-state index contributed by atoms with van der Waals surface area (Å²) in [7, 11) is 0. The van der Waals surface area contributed by atoms with E-state index in [9.17, 15) is 9.59 Å². The van der Waals surface area contributed by atoms with Crippen LogP contribution >= 0.6 is 0 Å². The van der Waals surface area contributed by atoms with E-state index in [1.807, 2.05) is 48.5 Å². The number of fused-ring (bicyclic) bond motifs is 9. The van der Waals surface area contributed by atoms with Crippen LogP contribution in [0.3, 0.4) is 0 Å². The van der Waals surface area contributed by atoms with Crippen molar-refractivity contribution in [3.63, 3.8) is 0 Å². The molecule has 354 valence electrons. The molecule has 3 aromatic heterocycles. The topological polar surface area (TPSA) is 55.4 Å². The van der Waals surface area contributed by atoms with Crippen LogP contribution in [0, 0.1) is 0 Å². The highest BCUT2D eigenvalue weighted by atomic mass is 16.1. The van der Waals surface area contributed by atoms with Crippen LogP contribution in [0.15, 0.2) is 261 Å². The summed E-state index contributed by atoms with van der Waals surface area (Å²) >= 11 is 0. The number of rotatable bonds is 11. The van der Waals surface area contributed by atoms with Crippen LogP contribution < -0.4 is 9.80 Å². The highest BCUT2D eigenvalue weighted by Gasteiger charge is 2.23. The number of hydrogen-bond acceptors (Lipinski definition) is 4. The second kappa shape index (κ2) is 17.8. The zero-order valence-corrected chi connectivity index (χ0v) is 40.5. The number of para-hydroxylation sites is 5. The fourth-order valence-corrected chi connectivity index (χ4v) is 11.3. The minimum Gasteiger partial charge on any atom is -0.310 e. The van der Waals surface area contributed by atoms with E-state index in [-0.39, 0.29) is 0 Å². The summed E-state index contributed by atoms with van der Waals surface area (Å²) in [5.41, 5.74) is 16.9. The normalized spacial score (nSPS) is 11.6. The van der Waals surface area contributed by atoms with Crippen LogP contribution in [0.5, 0.6) is 0 Å². The van der Waals surface area contributed by atoms with Gasteiger partial charge in [0, 0.05) is 94.6 Å². The molecule has 7 nitrogen and oxygen atoms in total. The van der Waals surface area contributed by atoms with Crippen LogP contribution in [0.25, 0.3) is 82.5 Å². The van der Waals surface area contributed by atoms with E-state index in [2.05, 4.69) is 236 Å². The number of aldehydes is 2. The quantitative estimate of drug-likeness (QED) is 0.121. The van der Waals surface area contributed by atoms with Gasteiger partial charge < -0.3 is 23.5 Å². The van der Waals surface area contributed by atoms with E-state index in [1.54, 1.807) is 0 Å². The minimum absolute atomic E-state index is 0.612. The van der Waals surface area contributed by atoms with Crippen LogP contribution in [0.4, 0.5) is 34.1 Å². The maximum absolute atomic E-state index is 12.0. The third-order valence-corrected chi connectivity index (χ3v) is 14.7. The molecule has 0 unspecified atom stereocenters. The molecule has 0 aliphatic rings. The Morgan fingerprint density at radius 3 is 0.800 bits per heavy atom. The van der Waals surface area contributed by atoms with Crippen molar-refractivity contribution >= 4 is 112 Å². The lowest BCUT2D eigenvalue weighted by molar-refractivity contribution is 0.111. The summed E-state index contributed by atoms with van der Waals surface area (Å²) in [6.07, 6.45) is 1.78. The Morgan fingerprint density at radius 2 is 0.493 bits per heavy atom. The van der Waals surface area contributed by atoms with Crippen LogP contribution in [0.1, 0.15) is 20.7 Å². The Kier molecular flexibility index (Phi) is 10.3. The largest absolute Gasteiger partial charge is 0.310 e. The number of aromatic nitrogens is 3. The molecular weight excluding hydrogens is 919 g/mol. The van der Waals surface area contributed by atoms with Crippen molar-refractivity contribution in [2.45, 2.75) is 0 Å². The van der Waals surface area contributed by atoms with Crippen molar-refractivity contribution < 1.29 is 9.59 Å². The number of anilines is 6. The highest BCUT2D eigenvalue weighted by molar-refractivity contribution is 6.14. The van der Waals surface area contributed by atoms with E-state index in [0.29, 0.717) is 11.1 Å². The molecule has 0 spiro atoms. The SMILES string of the molecule is O=Cc1ccc(N(c2ccc3c(c2)c2ccccc2n3-c2ccccc2)c2ccc3c(c2)c2cc(N(c4ccc(C=O)cc4)c4ccc5c(c4)c4ccccc4n5-c4ccccc4)ccc2n3-c2ccccc2)cc1. The van der Waals surface area contributed by atoms with Gasteiger partial charge in [-0.25, -0.2) is 0 Å². The smallest absolute Gasteiger partial charge is 0.150 e. The summed E-state index contributed by atoms with van der Waals surface area (Å²) in [6.45, 7) is 0. The van der Waals surface area contributed by atoms with E-state index in [0.717, 1.165) is 129 Å². The average Bonchev–Trinajstić information content (AvgIpc) is 4.14. The van der Waals surface area contributed by atoms with Crippen molar-refractivity contribution in [3.8, 4) is 17.1 Å². The summed E-state index contributed by atoms with van der Waals surface area (Å²) < 4.78 is 7.01. The number of hydrogen-bond donors (Lipinski definition) is 0. The van der Waals surface area contributed by atoms with Gasteiger partial charge in [0.1, 0.15) is 12.6 Å². The standard InChI is InChI=1S/C68H45N5O2/c74-44-46-24-28-51(29-25-46)69(53-32-36-65-59(40-53)57-20-10-12-22-63(57)71(65)48-14-4-1-5-15-48)55-34-38-67-61(42-55)62-43-56(35-39-68(62)73(67)50-18-8-3-9-19-50)70(52-30-26-47(45-75)27-31-52)54-33-37-66-60(41-54)58-21-11-13-23-64(58)72(66)49-16-6-2-7-17-49/h1-45H. The van der Waals surface area contributed by atoms with Crippen molar-refractivity contribution in [2.75, 3.05) is 9.80 Å². The van der Waals surface area contributed by atoms with Crippen molar-refractivity contribution in [1.29, 1.82) is 0 Å². The monoisotopic (exact) mass is 963 g/mol. The first-order chi connectivity index (χ1) is 37.1. The molecule has 0 amide bonds. The molecule has 0 bridgehead atoms.